The third kappa shape index (κ3) is 7.59. The minimum absolute atomic E-state index is 0.0198. The maximum Gasteiger partial charge on any atom is 0.242 e. The predicted molar refractivity (Wildman–Crippen MR) is 139 cm³/mol. The van der Waals surface area contributed by atoms with Gasteiger partial charge in [0.25, 0.3) is 0 Å². The largest absolute Gasteiger partial charge is 0.326 e. The molecule has 0 bridgehead atoms. The molecule has 176 valence electrons. The van der Waals surface area contributed by atoms with E-state index in [-0.39, 0.29) is 23.0 Å². The van der Waals surface area contributed by atoms with Gasteiger partial charge in [-0.3, -0.25) is 14.4 Å². The van der Waals surface area contributed by atoms with E-state index in [1.807, 2.05) is 75.4 Å². The molecule has 0 radical (unpaired) electrons. The van der Waals surface area contributed by atoms with Crippen LogP contribution in [0, 0.1) is 5.41 Å². The highest BCUT2D eigenvalue weighted by Gasteiger charge is 2.22. The summed E-state index contributed by atoms with van der Waals surface area (Å²) in [4.78, 5) is 37.8. The summed E-state index contributed by atoms with van der Waals surface area (Å²) >= 11 is 1.44. The summed E-state index contributed by atoms with van der Waals surface area (Å²) in [5.74, 6) is -0.201. The Kier molecular flexibility index (Phi) is 8.29. The minimum atomic E-state index is -0.477. The maximum atomic E-state index is 13.2. The predicted octanol–water partition coefficient (Wildman–Crippen LogP) is 6.74. The number of Topliss-reactive ketones (excluding diaryl/α,β-unsaturated/α-hetero) is 1. The molecule has 0 heterocycles. The SMILES string of the molecule is CC(=O)c1ccc(NC(=O)C(Sc2ccc(NC(=O)CC(C)(C)C)cc2)c2ccccc2)cc1. The third-order valence-corrected chi connectivity index (χ3v) is 6.25. The summed E-state index contributed by atoms with van der Waals surface area (Å²) in [6.45, 7) is 7.59. The first-order chi connectivity index (χ1) is 16.1. The Bertz CT molecular complexity index is 1140. The Morgan fingerprint density at radius 2 is 1.35 bits per heavy atom. The van der Waals surface area contributed by atoms with Crippen LogP contribution in [-0.2, 0) is 9.59 Å². The van der Waals surface area contributed by atoms with E-state index in [2.05, 4.69) is 10.6 Å². The van der Waals surface area contributed by atoms with Gasteiger partial charge < -0.3 is 10.6 Å². The summed E-state index contributed by atoms with van der Waals surface area (Å²) in [6.07, 6.45) is 0.438. The van der Waals surface area contributed by atoms with Crippen LogP contribution in [0.2, 0.25) is 0 Å². The van der Waals surface area contributed by atoms with Gasteiger partial charge >= 0.3 is 0 Å². The van der Waals surface area contributed by atoms with Gasteiger partial charge in [-0.1, -0.05) is 51.1 Å². The molecule has 3 aromatic rings. The summed E-state index contributed by atoms with van der Waals surface area (Å²) < 4.78 is 0. The molecule has 0 aliphatic carbocycles. The van der Waals surface area contributed by atoms with Gasteiger partial charge in [-0.15, -0.1) is 11.8 Å². The van der Waals surface area contributed by atoms with E-state index in [0.29, 0.717) is 17.7 Å². The van der Waals surface area contributed by atoms with E-state index in [1.165, 1.54) is 18.7 Å². The first-order valence-corrected chi connectivity index (χ1v) is 12.0. The van der Waals surface area contributed by atoms with Crippen molar-refractivity contribution in [3.8, 4) is 0 Å². The van der Waals surface area contributed by atoms with E-state index in [0.717, 1.165) is 16.1 Å². The second kappa shape index (κ2) is 11.2. The number of nitrogens with one attached hydrogen (secondary N) is 2. The van der Waals surface area contributed by atoms with Gasteiger partial charge in [0.2, 0.25) is 11.8 Å². The highest BCUT2D eigenvalue weighted by molar-refractivity contribution is 8.00. The van der Waals surface area contributed by atoms with Gasteiger partial charge in [0.15, 0.2) is 5.78 Å². The summed E-state index contributed by atoms with van der Waals surface area (Å²) in [6, 6.07) is 24.0. The van der Waals surface area contributed by atoms with E-state index < -0.39 is 5.25 Å². The van der Waals surface area contributed by atoms with Gasteiger partial charge in [-0.25, -0.2) is 0 Å². The first kappa shape index (κ1) is 25.2. The normalized spacial score (nSPS) is 12.0. The Morgan fingerprint density at radius 3 is 1.91 bits per heavy atom. The fraction of sp³-hybridized carbons (Fsp3) is 0.250. The molecule has 5 nitrogen and oxygen atoms in total. The van der Waals surface area contributed by atoms with Crippen LogP contribution in [0.25, 0.3) is 0 Å². The molecule has 34 heavy (non-hydrogen) atoms. The maximum absolute atomic E-state index is 13.2. The quantitative estimate of drug-likeness (QED) is 0.280. The highest BCUT2D eigenvalue weighted by atomic mass is 32.2. The third-order valence-electron chi connectivity index (χ3n) is 4.98. The molecule has 6 heteroatoms. The van der Waals surface area contributed by atoms with Crippen molar-refractivity contribution in [2.45, 2.75) is 44.3 Å². The molecular formula is C28H30N2O3S. The Labute approximate surface area is 205 Å². The second-order valence-corrected chi connectivity index (χ2v) is 10.5. The highest BCUT2D eigenvalue weighted by Crippen LogP contribution is 2.36. The average Bonchev–Trinajstić information content (AvgIpc) is 2.78. The first-order valence-electron chi connectivity index (χ1n) is 11.1. The topological polar surface area (TPSA) is 75.3 Å². The molecule has 0 saturated heterocycles. The fourth-order valence-corrected chi connectivity index (χ4v) is 4.36. The Balaban J connectivity index is 1.73. The Morgan fingerprint density at radius 1 is 0.794 bits per heavy atom. The molecule has 0 fully saturated rings. The molecule has 0 aromatic heterocycles. The smallest absolute Gasteiger partial charge is 0.242 e. The molecule has 3 aromatic carbocycles. The van der Waals surface area contributed by atoms with Gasteiger partial charge in [0.1, 0.15) is 5.25 Å². The van der Waals surface area contributed by atoms with Crippen molar-refractivity contribution in [1.82, 2.24) is 0 Å². The van der Waals surface area contributed by atoms with Crippen molar-refractivity contribution in [2.75, 3.05) is 10.6 Å². The zero-order valence-electron chi connectivity index (χ0n) is 19.9. The standard InChI is InChI=1S/C28H30N2O3S/c1-19(31)20-10-12-23(13-11-20)30-27(33)26(21-8-6-5-7-9-21)34-24-16-14-22(15-17-24)29-25(32)18-28(2,3)4/h5-17,26H,18H2,1-4H3,(H,29,32)(H,30,33). The number of hydrogen-bond acceptors (Lipinski definition) is 4. The lowest BCUT2D eigenvalue weighted by molar-refractivity contribution is -0.118. The number of anilines is 2. The summed E-state index contributed by atoms with van der Waals surface area (Å²) in [5.41, 5.74) is 2.76. The van der Waals surface area contributed by atoms with E-state index in [9.17, 15) is 14.4 Å². The van der Waals surface area contributed by atoms with Crippen LogP contribution in [0.3, 0.4) is 0 Å². The van der Waals surface area contributed by atoms with Crippen LogP contribution in [0.4, 0.5) is 11.4 Å². The lowest BCUT2D eigenvalue weighted by Crippen LogP contribution is -2.19. The summed E-state index contributed by atoms with van der Waals surface area (Å²) in [5, 5.41) is 5.41. The van der Waals surface area contributed by atoms with Crippen molar-refractivity contribution in [1.29, 1.82) is 0 Å². The Hall–Kier alpha value is -3.38. The molecule has 0 aliphatic heterocycles. The number of ketones is 1. The van der Waals surface area contributed by atoms with Crippen LogP contribution >= 0.6 is 11.8 Å². The molecule has 3 rings (SSSR count). The lowest BCUT2D eigenvalue weighted by atomic mass is 9.92. The number of hydrogen-bond donors (Lipinski definition) is 2. The zero-order valence-corrected chi connectivity index (χ0v) is 20.7. The van der Waals surface area contributed by atoms with Gasteiger partial charge in [-0.2, -0.15) is 0 Å². The van der Waals surface area contributed by atoms with Crippen LogP contribution in [-0.4, -0.2) is 17.6 Å². The molecule has 1 atom stereocenters. The fourth-order valence-electron chi connectivity index (χ4n) is 3.34. The van der Waals surface area contributed by atoms with Crippen LogP contribution < -0.4 is 10.6 Å². The van der Waals surface area contributed by atoms with E-state index >= 15 is 0 Å². The van der Waals surface area contributed by atoms with E-state index in [4.69, 9.17) is 0 Å². The number of amides is 2. The minimum Gasteiger partial charge on any atom is -0.326 e. The second-order valence-electron chi connectivity index (χ2n) is 9.34. The van der Waals surface area contributed by atoms with Gasteiger partial charge in [0, 0.05) is 28.3 Å². The van der Waals surface area contributed by atoms with Crippen molar-refractivity contribution in [3.63, 3.8) is 0 Å². The summed E-state index contributed by atoms with van der Waals surface area (Å²) in [7, 11) is 0. The van der Waals surface area contributed by atoms with Crippen molar-refractivity contribution in [3.05, 3.63) is 90.0 Å². The molecule has 1 unspecified atom stereocenters. The molecule has 0 spiro atoms. The average molecular weight is 475 g/mol. The number of carbonyl (C=O) groups excluding carboxylic acids is 3. The lowest BCUT2D eigenvalue weighted by Gasteiger charge is -2.18. The molecular weight excluding hydrogens is 444 g/mol. The van der Waals surface area contributed by atoms with Crippen molar-refractivity contribution >= 4 is 40.7 Å². The van der Waals surface area contributed by atoms with Crippen molar-refractivity contribution < 1.29 is 14.4 Å². The monoisotopic (exact) mass is 474 g/mol. The van der Waals surface area contributed by atoms with Crippen LogP contribution in [0.1, 0.15) is 55.3 Å². The van der Waals surface area contributed by atoms with Crippen LogP contribution in [0.5, 0.6) is 0 Å². The van der Waals surface area contributed by atoms with Crippen molar-refractivity contribution in [2.24, 2.45) is 5.41 Å². The molecule has 2 amide bonds. The molecule has 0 saturated carbocycles. The number of carbonyl (C=O) groups is 3. The van der Waals surface area contributed by atoms with E-state index in [1.54, 1.807) is 24.3 Å². The number of thioether (sulfide) groups is 1. The zero-order chi connectivity index (χ0) is 24.7. The number of rotatable bonds is 8. The molecule has 0 aliphatic rings. The number of benzene rings is 3. The van der Waals surface area contributed by atoms with Gasteiger partial charge in [-0.05, 0) is 66.4 Å². The van der Waals surface area contributed by atoms with Crippen LogP contribution in [0.15, 0.2) is 83.8 Å². The van der Waals surface area contributed by atoms with Gasteiger partial charge in [0.05, 0.1) is 0 Å². The molecule has 2 N–H and O–H groups in total.